The molecule has 0 bridgehead atoms. The Labute approximate surface area is 140 Å². The van der Waals surface area contributed by atoms with Gasteiger partial charge in [-0.25, -0.2) is 8.42 Å². The lowest BCUT2D eigenvalue weighted by Crippen LogP contribution is -2.16. The molecule has 0 aliphatic heterocycles. The van der Waals surface area contributed by atoms with Crippen LogP contribution >= 0.6 is 31.9 Å². The fraction of sp³-hybridized carbons (Fsp3) is 0.250. The summed E-state index contributed by atoms with van der Waals surface area (Å²) in [6.07, 6.45) is 0. The first-order valence-electron chi connectivity index (χ1n) is 5.91. The molecular weight excluding hydrogens is 424 g/mol. The van der Waals surface area contributed by atoms with Gasteiger partial charge in [0.25, 0.3) is 10.0 Å². The topological polar surface area (TPSA) is 90.0 Å². The summed E-state index contributed by atoms with van der Waals surface area (Å²) in [5.41, 5.74) is 7.59. The maximum absolute atomic E-state index is 12.6. The highest BCUT2D eigenvalue weighted by Gasteiger charge is 2.26. The molecule has 9 heteroatoms. The lowest BCUT2D eigenvalue weighted by molar-refractivity contribution is 0.600. The third-order valence-electron chi connectivity index (χ3n) is 3.00. The highest BCUT2D eigenvalue weighted by molar-refractivity contribution is 9.11. The number of aryl methyl sites for hydroxylation is 2. The number of sulfonamides is 1. The SMILES string of the molecule is Cc1cc(Br)c(NS(=O)(=O)c2c(N)nn(C)c2C)c(Br)c1. The van der Waals surface area contributed by atoms with Crippen molar-refractivity contribution in [2.24, 2.45) is 7.05 Å². The summed E-state index contributed by atoms with van der Waals surface area (Å²) in [4.78, 5) is -0.00984. The van der Waals surface area contributed by atoms with Gasteiger partial charge in [-0.1, -0.05) is 0 Å². The lowest BCUT2D eigenvalue weighted by atomic mass is 10.2. The van der Waals surface area contributed by atoms with Gasteiger partial charge in [-0.2, -0.15) is 5.10 Å². The van der Waals surface area contributed by atoms with Gasteiger partial charge in [-0.3, -0.25) is 9.40 Å². The molecule has 1 heterocycles. The first-order chi connectivity index (χ1) is 9.63. The second kappa shape index (κ2) is 5.62. The third-order valence-corrected chi connectivity index (χ3v) is 5.76. The quantitative estimate of drug-likeness (QED) is 0.772. The van der Waals surface area contributed by atoms with E-state index in [2.05, 4.69) is 41.7 Å². The number of nitrogens with zero attached hydrogens (tertiary/aromatic N) is 2. The van der Waals surface area contributed by atoms with Crippen LogP contribution in [0.15, 0.2) is 26.0 Å². The molecule has 2 aromatic rings. The van der Waals surface area contributed by atoms with Gasteiger partial charge < -0.3 is 5.73 Å². The minimum atomic E-state index is -3.83. The Balaban J connectivity index is 2.53. The Morgan fingerprint density at radius 1 is 1.24 bits per heavy atom. The zero-order valence-electron chi connectivity index (χ0n) is 11.6. The molecule has 0 aliphatic rings. The largest absolute Gasteiger partial charge is 0.381 e. The van der Waals surface area contributed by atoms with E-state index in [-0.39, 0.29) is 10.7 Å². The molecule has 6 nitrogen and oxygen atoms in total. The van der Waals surface area contributed by atoms with E-state index in [1.807, 2.05) is 19.1 Å². The van der Waals surface area contributed by atoms with Crippen molar-refractivity contribution < 1.29 is 8.42 Å². The van der Waals surface area contributed by atoms with Gasteiger partial charge in [-0.15, -0.1) is 0 Å². The molecule has 114 valence electrons. The second-order valence-electron chi connectivity index (χ2n) is 4.63. The van der Waals surface area contributed by atoms with Crippen molar-refractivity contribution in [2.75, 3.05) is 10.5 Å². The van der Waals surface area contributed by atoms with Gasteiger partial charge in [0.1, 0.15) is 0 Å². The Kier molecular flexibility index (Phi) is 4.36. The second-order valence-corrected chi connectivity index (χ2v) is 7.96. The van der Waals surface area contributed by atoms with Crippen LogP contribution in [0.3, 0.4) is 0 Å². The van der Waals surface area contributed by atoms with Gasteiger partial charge in [0.15, 0.2) is 10.7 Å². The van der Waals surface area contributed by atoms with Gasteiger partial charge in [0.05, 0.1) is 11.4 Å². The molecule has 0 aliphatic carbocycles. The number of hydrogen-bond donors (Lipinski definition) is 2. The van der Waals surface area contributed by atoms with E-state index >= 15 is 0 Å². The fourth-order valence-electron chi connectivity index (χ4n) is 1.93. The maximum atomic E-state index is 12.6. The van der Waals surface area contributed by atoms with E-state index in [9.17, 15) is 8.42 Å². The van der Waals surface area contributed by atoms with Crippen molar-refractivity contribution in [3.63, 3.8) is 0 Å². The minimum Gasteiger partial charge on any atom is -0.381 e. The average Bonchev–Trinajstić information content (AvgIpc) is 2.58. The number of hydrogen-bond acceptors (Lipinski definition) is 4. The number of nitrogens with two attached hydrogens (primary N) is 1. The van der Waals surface area contributed by atoms with Gasteiger partial charge in [-0.05, 0) is 63.4 Å². The van der Waals surface area contributed by atoms with E-state index in [0.29, 0.717) is 20.3 Å². The highest BCUT2D eigenvalue weighted by Crippen LogP contribution is 2.35. The van der Waals surface area contributed by atoms with Crippen molar-refractivity contribution in [3.05, 3.63) is 32.3 Å². The van der Waals surface area contributed by atoms with Gasteiger partial charge in [0.2, 0.25) is 0 Å². The van der Waals surface area contributed by atoms with E-state index in [1.54, 1.807) is 14.0 Å². The highest BCUT2D eigenvalue weighted by atomic mass is 79.9. The molecule has 2 rings (SSSR count). The molecule has 0 fully saturated rings. The van der Waals surface area contributed by atoms with E-state index in [4.69, 9.17) is 5.73 Å². The fourth-order valence-corrected chi connectivity index (χ4v) is 5.23. The molecule has 0 unspecified atom stereocenters. The number of nitrogens with one attached hydrogen (secondary N) is 1. The van der Waals surface area contributed by atoms with Crippen molar-refractivity contribution in [1.29, 1.82) is 0 Å². The van der Waals surface area contributed by atoms with E-state index < -0.39 is 10.0 Å². The molecule has 0 saturated heterocycles. The first-order valence-corrected chi connectivity index (χ1v) is 8.98. The average molecular weight is 438 g/mol. The molecule has 0 radical (unpaired) electrons. The van der Waals surface area contributed by atoms with Gasteiger partial charge in [0, 0.05) is 16.0 Å². The zero-order chi connectivity index (χ0) is 15.9. The van der Waals surface area contributed by atoms with Gasteiger partial charge >= 0.3 is 0 Å². The van der Waals surface area contributed by atoms with Crippen LogP contribution in [0.4, 0.5) is 11.5 Å². The molecule has 3 N–H and O–H groups in total. The third kappa shape index (κ3) is 3.09. The number of aromatic nitrogens is 2. The van der Waals surface area contributed by atoms with Crippen LogP contribution in [-0.2, 0) is 17.1 Å². The molecule has 1 aromatic carbocycles. The number of halogens is 2. The number of benzene rings is 1. The Morgan fingerprint density at radius 3 is 2.19 bits per heavy atom. The Hall–Kier alpha value is -1.06. The zero-order valence-corrected chi connectivity index (χ0v) is 15.6. The van der Waals surface area contributed by atoms with Crippen molar-refractivity contribution >= 4 is 53.4 Å². The molecule has 0 amide bonds. The van der Waals surface area contributed by atoms with Crippen LogP contribution in [0.25, 0.3) is 0 Å². The molecule has 1 aromatic heterocycles. The molecule has 0 spiro atoms. The summed E-state index contributed by atoms with van der Waals surface area (Å²) >= 11 is 6.71. The van der Waals surface area contributed by atoms with Crippen LogP contribution in [-0.4, -0.2) is 18.2 Å². The number of anilines is 2. The maximum Gasteiger partial charge on any atom is 0.267 e. The van der Waals surface area contributed by atoms with E-state index in [0.717, 1.165) is 5.56 Å². The van der Waals surface area contributed by atoms with Crippen molar-refractivity contribution in [3.8, 4) is 0 Å². The Bertz CT molecular complexity index is 792. The standard InChI is InChI=1S/C12H14Br2N4O2S/c1-6-4-8(13)10(9(14)5-6)17-21(19,20)11-7(2)18(3)16-12(11)15/h4-5,17H,1-3H3,(H2,15,16). The number of rotatable bonds is 3. The van der Waals surface area contributed by atoms with Crippen LogP contribution in [0.2, 0.25) is 0 Å². The van der Waals surface area contributed by atoms with Crippen LogP contribution in [0.5, 0.6) is 0 Å². The monoisotopic (exact) mass is 436 g/mol. The van der Waals surface area contributed by atoms with Crippen LogP contribution < -0.4 is 10.5 Å². The first kappa shape index (κ1) is 16.3. The van der Waals surface area contributed by atoms with E-state index in [1.165, 1.54) is 4.68 Å². The minimum absolute atomic E-state index is 0.00984. The molecule has 0 atom stereocenters. The summed E-state index contributed by atoms with van der Waals surface area (Å²) in [5, 5.41) is 3.93. The summed E-state index contributed by atoms with van der Waals surface area (Å²) in [6, 6.07) is 3.64. The lowest BCUT2D eigenvalue weighted by Gasteiger charge is -2.12. The predicted molar refractivity (Wildman–Crippen MR) is 89.7 cm³/mol. The normalized spacial score (nSPS) is 11.7. The smallest absolute Gasteiger partial charge is 0.267 e. The Morgan fingerprint density at radius 2 is 1.76 bits per heavy atom. The van der Waals surface area contributed by atoms with Crippen LogP contribution in [0.1, 0.15) is 11.3 Å². The summed E-state index contributed by atoms with van der Waals surface area (Å²) in [7, 11) is -2.19. The predicted octanol–water partition coefficient (Wildman–Crippen LogP) is 2.94. The number of nitrogen functional groups attached to an aromatic ring is 1. The van der Waals surface area contributed by atoms with Crippen molar-refractivity contribution in [1.82, 2.24) is 9.78 Å². The van der Waals surface area contributed by atoms with Crippen molar-refractivity contribution in [2.45, 2.75) is 18.7 Å². The molecule has 21 heavy (non-hydrogen) atoms. The summed E-state index contributed by atoms with van der Waals surface area (Å²) < 4.78 is 30.4. The summed E-state index contributed by atoms with van der Waals surface area (Å²) in [6.45, 7) is 3.56. The summed E-state index contributed by atoms with van der Waals surface area (Å²) in [5.74, 6) is -0.0261. The molecule has 0 saturated carbocycles. The molecular formula is C12H14Br2N4O2S. The van der Waals surface area contributed by atoms with Crippen LogP contribution in [0, 0.1) is 13.8 Å².